The normalized spacial score (nSPS) is 10.7. The number of fused-ring (bicyclic) bond motifs is 1. The van der Waals surface area contributed by atoms with E-state index < -0.39 is 11.7 Å². The number of carbonyl (C=O) groups excluding carboxylic acids is 1. The molecule has 1 amide bonds. The molecule has 23 heavy (non-hydrogen) atoms. The Morgan fingerprint density at radius 1 is 1.17 bits per heavy atom. The highest BCUT2D eigenvalue weighted by molar-refractivity contribution is 6.11. The second kappa shape index (κ2) is 5.64. The average molecular weight is 311 g/mol. The number of halogens is 1. The van der Waals surface area contributed by atoms with Gasteiger partial charge in [0.15, 0.2) is 5.69 Å². The van der Waals surface area contributed by atoms with Crippen molar-refractivity contribution in [2.24, 2.45) is 7.05 Å². The first-order chi connectivity index (χ1) is 11.0. The molecule has 116 valence electrons. The van der Waals surface area contributed by atoms with Crippen LogP contribution in [0.3, 0.4) is 0 Å². The summed E-state index contributed by atoms with van der Waals surface area (Å²) < 4.78 is 14.9. The van der Waals surface area contributed by atoms with Gasteiger partial charge in [-0.25, -0.2) is 9.07 Å². The van der Waals surface area contributed by atoms with Gasteiger partial charge in [-0.2, -0.15) is 5.10 Å². The summed E-state index contributed by atoms with van der Waals surface area (Å²) in [6, 6.07) is 11.1. The van der Waals surface area contributed by atoms with Gasteiger partial charge in [-0.3, -0.25) is 9.59 Å². The fraction of sp³-hybridized carbons (Fsp3) is 0.118. The van der Waals surface area contributed by atoms with Gasteiger partial charge in [-0.05, 0) is 30.7 Å². The van der Waals surface area contributed by atoms with Crippen LogP contribution in [0.4, 0.5) is 10.1 Å². The lowest BCUT2D eigenvalue weighted by molar-refractivity contribution is 0.102. The zero-order valence-electron chi connectivity index (χ0n) is 12.6. The minimum Gasteiger partial charge on any atom is -0.318 e. The Morgan fingerprint density at radius 3 is 2.61 bits per heavy atom. The number of amides is 1. The molecule has 1 aromatic heterocycles. The van der Waals surface area contributed by atoms with Gasteiger partial charge in [0.25, 0.3) is 11.5 Å². The molecule has 1 N–H and O–H groups in total. The maximum Gasteiger partial charge on any atom is 0.276 e. The van der Waals surface area contributed by atoms with Crippen LogP contribution in [0.5, 0.6) is 0 Å². The third kappa shape index (κ3) is 2.70. The van der Waals surface area contributed by atoms with Gasteiger partial charge in [0.1, 0.15) is 5.82 Å². The molecule has 0 radical (unpaired) electrons. The molecule has 0 atom stereocenters. The molecule has 0 unspecified atom stereocenters. The summed E-state index contributed by atoms with van der Waals surface area (Å²) in [6.07, 6.45) is 0. The van der Waals surface area contributed by atoms with E-state index in [0.29, 0.717) is 10.8 Å². The van der Waals surface area contributed by atoms with Crippen LogP contribution in [-0.2, 0) is 7.05 Å². The first-order valence-corrected chi connectivity index (χ1v) is 7.01. The van der Waals surface area contributed by atoms with Crippen LogP contribution in [0, 0.1) is 12.7 Å². The fourth-order valence-electron chi connectivity index (χ4n) is 2.38. The molecule has 0 saturated heterocycles. The van der Waals surface area contributed by atoms with Gasteiger partial charge < -0.3 is 5.32 Å². The van der Waals surface area contributed by atoms with Crippen molar-refractivity contribution >= 4 is 22.4 Å². The summed E-state index contributed by atoms with van der Waals surface area (Å²) in [4.78, 5) is 24.6. The number of aryl methyl sites for hydroxylation is 2. The number of anilines is 1. The SMILES string of the molecule is Cc1ccc(F)c(NC(=O)c2nn(C)c(=O)c3ccccc23)c1. The number of nitrogens with one attached hydrogen (secondary N) is 1. The van der Waals surface area contributed by atoms with E-state index in [1.54, 1.807) is 37.3 Å². The molecule has 1 heterocycles. The number of rotatable bonds is 2. The first-order valence-electron chi connectivity index (χ1n) is 7.01. The van der Waals surface area contributed by atoms with Crippen molar-refractivity contribution in [2.45, 2.75) is 6.92 Å². The van der Waals surface area contributed by atoms with Crippen LogP contribution in [0.2, 0.25) is 0 Å². The van der Waals surface area contributed by atoms with Gasteiger partial charge in [0.05, 0.1) is 11.1 Å². The Hall–Kier alpha value is -3.02. The molecular weight excluding hydrogens is 297 g/mol. The van der Waals surface area contributed by atoms with Crippen molar-refractivity contribution in [3.05, 3.63) is 69.9 Å². The molecule has 0 aliphatic rings. The standard InChI is InChI=1S/C17H14FN3O2/c1-10-7-8-13(18)14(9-10)19-16(22)15-11-5-3-4-6-12(11)17(23)21(2)20-15/h3-9H,1-2H3,(H,19,22). The second-order valence-corrected chi connectivity index (χ2v) is 5.26. The predicted octanol–water partition coefficient (Wildman–Crippen LogP) is 2.63. The summed E-state index contributed by atoms with van der Waals surface area (Å²) in [5, 5.41) is 7.35. The minimum absolute atomic E-state index is 0.0728. The summed E-state index contributed by atoms with van der Waals surface area (Å²) in [5.41, 5.74) is 0.678. The summed E-state index contributed by atoms with van der Waals surface area (Å²) in [7, 11) is 1.47. The highest BCUT2D eigenvalue weighted by Crippen LogP contribution is 2.18. The largest absolute Gasteiger partial charge is 0.318 e. The summed E-state index contributed by atoms with van der Waals surface area (Å²) in [5.74, 6) is -1.10. The molecule has 0 saturated carbocycles. The minimum atomic E-state index is -0.568. The zero-order valence-corrected chi connectivity index (χ0v) is 12.6. The maximum absolute atomic E-state index is 13.8. The molecular formula is C17H14FN3O2. The van der Waals surface area contributed by atoms with E-state index in [-0.39, 0.29) is 16.9 Å². The highest BCUT2D eigenvalue weighted by atomic mass is 19.1. The van der Waals surface area contributed by atoms with Crippen LogP contribution < -0.4 is 10.9 Å². The Balaban J connectivity index is 2.10. The zero-order chi connectivity index (χ0) is 16.6. The quantitative estimate of drug-likeness (QED) is 0.791. The van der Waals surface area contributed by atoms with Gasteiger partial charge in [0.2, 0.25) is 0 Å². The third-order valence-electron chi connectivity index (χ3n) is 3.54. The molecule has 3 aromatic rings. The first kappa shape index (κ1) is 14.9. The number of nitrogens with zero attached hydrogens (tertiary/aromatic N) is 2. The van der Waals surface area contributed by atoms with E-state index in [1.807, 2.05) is 0 Å². The van der Waals surface area contributed by atoms with E-state index in [1.165, 1.54) is 19.2 Å². The van der Waals surface area contributed by atoms with Crippen molar-refractivity contribution < 1.29 is 9.18 Å². The Bertz CT molecular complexity index is 979. The van der Waals surface area contributed by atoms with Crippen molar-refractivity contribution in [3.63, 3.8) is 0 Å². The molecule has 0 fully saturated rings. The van der Waals surface area contributed by atoms with Crippen LogP contribution in [-0.4, -0.2) is 15.7 Å². The summed E-state index contributed by atoms with van der Waals surface area (Å²) >= 11 is 0. The van der Waals surface area contributed by atoms with Crippen molar-refractivity contribution in [2.75, 3.05) is 5.32 Å². The van der Waals surface area contributed by atoms with Crippen LogP contribution in [0.1, 0.15) is 16.1 Å². The predicted molar refractivity (Wildman–Crippen MR) is 86.1 cm³/mol. The van der Waals surface area contributed by atoms with Gasteiger partial charge >= 0.3 is 0 Å². The molecule has 0 aliphatic heterocycles. The third-order valence-corrected chi connectivity index (χ3v) is 3.54. The molecule has 0 spiro atoms. The van der Waals surface area contributed by atoms with Gasteiger partial charge in [-0.1, -0.05) is 24.3 Å². The van der Waals surface area contributed by atoms with Gasteiger partial charge in [0, 0.05) is 12.4 Å². The molecule has 3 rings (SSSR count). The lowest BCUT2D eigenvalue weighted by atomic mass is 10.1. The van der Waals surface area contributed by atoms with Gasteiger partial charge in [-0.15, -0.1) is 0 Å². The number of hydrogen-bond donors (Lipinski definition) is 1. The average Bonchev–Trinajstić information content (AvgIpc) is 2.54. The number of carbonyl (C=O) groups is 1. The molecule has 0 bridgehead atoms. The van der Waals surface area contributed by atoms with E-state index in [4.69, 9.17) is 0 Å². The second-order valence-electron chi connectivity index (χ2n) is 5.26. The van der Waals surface area contributed by atoms with Crippen LogP contribution >= 0.6 is 0 Å². The lowest BCUT2D eigenvalue weighted by Crippen LogP contribution is -2.25. The van der Waals surface area contributed by atoms with Crippen LogP contribution in [0.25, 0.3) is 10.8 Å². The highest BCUT2D eigenvalue weighted by Gasteiger charge is 2.17. The lowest BCUT2D eigenvalue weighted by Gasteiger charge is -2.10. The van der Waals surface area contributed by atoms with E-state index in [0.717, 1.165) is 10.2 Å². The fourth-order valence-corrected chi connectivity index (χ4v) is 2.38. The van der Waals surface area contributed by atoms with Crippen molar-refractivity contribution in [1.29, 1.82) is 0 Å². The van der Waals surface area contributed by atoms with E-state index >= 15 is 0 Å². The topological polar surface area (TPSA) is 64.0 Å². The summed E-state index contributed by atoms with van der Waals surface area (Å²) in [6.45, 7) is 1.80. The van der Waals surface area contributed by atoms with Crippen LogP contribution in [0.15, 0.2) is 47.3 Å². The number of hydrogen-bond acceptors (Lipinski definition) is 3. The molecule has 6 heteroatoms. The van der Waals surface area contributed by atoms with E-state index in [9.17, 15) is 14.0 Å². The number of benzene rings is 2. The Labute approximate surface area is 131 Å². The smallest absolute Gasteiger partial charge is 0.276 e. The molecule has 2 aromatic carbocycles. The number of aromatic nitrogens is 2. The molecule has 0 aliphatic carbocycles. The Morgan fingerprint density at radius 2 is 1.87 bits per heavy atom. The Kier molecular flexibility index (Phi) is 3.65. The molecule has 5 nitrogen and oxygen atoms in total. The maximum atomic E-state index is 13.8. The van der Waals surface area contributed by atoms with Crippen molar-refractivity contribution in [1.82, 2.24) is 9.78 Å². The van der Waals surface area contributed by atoms with Crippen molar-refractivity contribution in [3.8, 4) is 0 Å². The monoisotopic (exact) mass is 311 g/mol. The van der Waals surface area contributed by atoms with E-state index in [2.05, 4.69) is 10.4 Å².